The Labute approximate surface area is 130 Å². The minimum Gasteiger partial charge on any atom is -0.449 e. The van der Waals surface area contributed by atoms with Crippen molar-refractivity contribution in [1.29, 1.82) is 0 Å². The summed E-state index contributed by atoms with van der Waals surface area (Å²) >= 11 is 0. The number of carbonyl (C=O) groups is 1. The predicted molar refractivity (Wildman–Crippen MR) is 82.2 cm³/mol. The fourth-order valence-electron chi connectivity index (χ4n) is 2.32. The lowest BCUT2D eigenvalue weighted by molar-refractivity contribution is 0.144. The average molecular weight is 314 g/mol. The summed E-state index contributed by atoms with van der Waals surface area (Å²) in [5, 5.41) is 13.0. The number of ether oxygens (including phenoxy) is 1. The van der Waals surface area contributed by atoms with Gasteiger partial charge in [-0.15, -0.1) is 0 Å². The molecule has 8 heteroatoms. The van der Waals surface area contributed by atoms with Crippen molar-refractivity contribution in [2.24, 2.45) is 0 Å². The van der Waals surface area contributed by atoms with Gasteiger partial charge in [0.25, 0.3) is 5.56 Å². The Bertz CT molecular complexity index is 942. The molecule has 3 rings (SSSR count). The van der Waals surface area contributed by atoms with Crippen molar-refractivity contribution in [1.82, 2.24) is 19.7 Å². The molecule has 0 amide bonds. The monoisotopic (exact) mass is 314 g/mol. The maximum absolute atomic E-state index is 12.3. The van der Waals surface area contributed by atoms with Crippen LogP contribution < -0.4 is 10.3 Å². The minimum absolute atomic E-state index is 0.0393. The molecule has 2 heterocycles. The molecule has 23 heavy (non-hydrogen) atoms. The van der Waals surface area contributed by atoms with E-state index >= 15 is 0 Å². The smallest absolute Gasteiger partial charge is 0.449 e. The summed E-state index contributed by atoms with van der Waals surface area (Å²) in [6.07, 6.45) is 1.12. The number of carboxylic acid groups (broad SMARTS) is 1. The van der Waals surface area contributed by atoms with Crippen LogP contribution in [0.25, 0.3) is 16.9 Å². The van der Waals surface area contributed by atoms with E-state index < -0.39 is 6.16 Å². The van der Waals surface area contributed by atoms with Gasteiger partial charge in [-0.05, 0) is 17.5 Å². The van der Waals surface area contributed by atoms with Gasteiger partial charge in [0, 0.05) is 0 Å². The number of fused-ring (bicyclic) bond motifs is 1. The van der Waals surface area contributed by atoms with Gasteiger partial charge in [0.2, 0.25) is 5.95 Å². The molecule has 118 valence electrons. The molecule has 2 aromatic heterocycles. The van der Waals surface area contributed by atoms with E-state index in [-0.39, 0.29) is 23.2 Å². The topological polar surface area (TPSA) is 110 Å². The van der Waals surface area contributed by atoms with Crippen LogP contribution in [0.5, 0.6) is 5.75 Å². The number of para-hydroxylation sites is 1. The Morgan fingerprint density at radius 3 is 2.87 bits per heavy atom. The largest absolute Gasteiger partial charge is 0.511 e. The summed E-state index contributed by atoms with van der Waals surface area (Å²) in [6.45, 7) is 4.04. The summed E-state index contributed by atoms with van der Waals surface area (Å²) in [5.74, 6) is 0.428. The van der Waals surface area contributed by atoms with Crippen molar-refractivity contribution < 1.29 is 14.6 Å². The van der Waals surface area contributed by atoms with Gasteiger partial charge in [0.05, 0.1) is 23.3 Å². The number of H-pyrrole nitrogens is 1. The normalized spacial score (nSPS) is 11.1. The van der Waals surface area contributed by atoms with Crippen molar-refractivity contribution in [2.45, 2.75) is 19.8 Å². The molecule has 0 saturated heterocycles. The summed E-state index contributed by atoms with van der Waals surface area (Å²) < 4.78 is 5.77. The Balaban J connectivity index is 2.15. The molecule has 8 nitrogen and oxygen atoms in total. The third-order valence-electron chi connectivity index (χ3n) is 3.36. The van der Waals surface area contributed by atoms with Crippen LogP contribution >= 0.6 is 0 Å². The van der Waals surface area contributed by atoms with Gasteiger partial charge < -0.3 is 9.84 Å². The molecule has 1 aromatic carbocycles. The van der Waals surface area contributed by atoms with E-state index in [1.807, 2.05) is 26.0 Å². The molecule has 0 unspecified atom stereocenters. The zero-order valence-electron chi connectivity index (χ0n) is 12.5. The number of benzene rings is 1. The number of aromatic amines is 1. The summed E-state index contributed by atoms with van der Waals surface area (Å²) in [7, 11) is 0. The van der Waals surface area contributed by atoms with Crippen molar-refractivity contribution >= 4 is 17.1 Å². The minimum atomic E-state index is -1.44. The van der Waals surface area contributed by atoms with E-state index in [1.54, 1.807) is 6.07 Å². The van der Waals surface area contributed by atoms with Crippen LogP contribution in [-0.2, 0) is 0 Å². The third kappa shape index (κ3) is 2.78. The van der Waals surface area contributed by atoms with Gasteiger partial charge in [0.15, 0.2) is 5.75 Å². The SMILES string of the molecule is CC(C)c1cccc2c(=O)[nH]c(-n3cc(OC(=O)O)cn3)nc12. The van der Waals surface area contributed by atoms with Gasteiger partial charge in [-0.3, -0.25) is 9.78 Å². The first-order valence-corrected chi connectivity index (χ1v) is 6.94. The van der Waals surface area contributed by atoms with Gasteiger partial charge in [-0.25, -0.2) is 14.5 Å². The van der Waals surface area contributed by atoms with E-state index in [9.17, 15) is 9.59 Å². The predicted octanol–water partition coefficient (Wildman–Crippen LogP) is 2.29. The lowest BCUT2D eigenvalue weighted by Crippen LogP contribution is -2.14. The molecular formula is C15H14N4O4. The van der Waals surface area contributed by atoms with E-state index in [4.69, 9.17) is 5.11 Å². The van der Waals surface area contributed by atoms with Crippen LogP contribution in [0.4, 0.5) is 4.79 Å². The zero-order valence-corrected chi connectivity index (χ0v) is 12.5. The van der Waals surface area contributed by atoms with Crippen molar-refractivity contribution in [2.75, 3.05) is 0 Å². The Hall–Kier alpha value is -3.16. The molecule has 0 spiro atoms. The lowest BCUT2D eigenvalue weighted by Gasteiger charge is -2.09. The molecule has 0 atom stereocenters. The second kappa shape index (κ2) is 5.56. The van der Waals surface area contributed by atoms with E-state index in [0.717, 1.165) is 5.56 Å². The molecule has 0 saturated carbocycles. The third-order valence-corrected chi connectivity index (χ3v) is 3.36. The fraction of sp³-hybridized carbons (Fsp3) is 0.200. The highest BCUT2D eigenvalue weighted by atomic mass is 16.7. The number of rotatable bonds is 3. The first-order chi connectivity index (χ1) is 11.0. The van der Waals surface area contributed by atoms with Crippen molar-refractivity contribution in [3.05, 3.63) is 46.5 Å². The molecule has 0 aliphatic rings. The lowest BCUT2D eigenvalue weighted by atomic mass is 10.0. The first kappa shape index (κ1) is 14.8. The van der Waals surface area contributed by atoms with Crippen molar-refractivity contribution in [3.63, 3.8) is 0 Å². The summed E-state index contributed by atoms with van der Waals surface area (Å²) in [4.78, 5) is 29.9. The van der Waals surface area contributed by atoms with Crippen LogP contribution in [0, 0.1) is 0 Å². The first-order valence-electron chi connectivity index (χ1n) is 6.94. The van der Waals surface area contributed by atoms with Crippen LogP contribution in [-0.4, -0.2) is 31.0 Å². The summed E-state index contributed by atoms with van der Waals surface area (Å²) in [6, 6.07) is 5.45. The molecule has 0 radical (unpaired) electrons. The van der Waals surface area contributed by atoms with E-state index in [2.05, 4.69) is 19.8 Å². The van der Waals surface area contributed by atoms with E-state index in [0.29, 0.717) is 10.9 Å². The summed E-state index contributed by atoms with van der Waals surface area (Å²) in [5.41, 5.74) is 1.25. The quantitative estimate of drug-likeness (QED) is 0.718. The number of nitrogens with one attached hydrogen (secondary N) is 1. The molecule has 3 aromatic rings. The maximum Gasteiger partial charge on any atom is 0.511 e. The second-order valence-electron chi connectivity index (χ2n) is 5.28. The number of hydrogen-bond acceptors (Lipinski definition) is 5. The van der Waals surface area contributed by atoms with Crippen LogP contribution in [0.15, 0.2) is 35.4 Å². The highest BCUT2D eigenvalue weighted by Crippen LogP contribution is 2.22. The molecule has 0 bridgehead atoms. The molecule has 0 aliphatic carbocycles. The average Bonchev–Trinajstić information content (AvgIpc) is 2.94. The molecular weight excluding hydrogens is 300 g/mol. The second-order valence-corrected chi connectivity index (χ2v) is 5.28. The van der Waals surface area contributed by atoms with Crippen LogP contribution in [0.2, 0.25) is 0 Å². The molecule has 0 fully saturated rings. The standard InChI is InChI=1S/C15H14N4O4/c1-8(2)10-4-3-5-11-12(10)17-14(18-13(11)20)19-7-9(6-16-19)23-15(21)22/h3-8H,1-2H3,(H,21,22)(H,17,18,20). The van der Waals surface area contributed by atoms with Gasteiger partial charge >= 0.3 is 6.16 Å². The van der Waals surface area contributed by atoms with Gasteiger partial charge in [-0.2, -0.15) is 5.10 Å². The fourth-order valence-corrected chi connectivity index (χ4v) is 2.32. The number of aromatic nitrogens is 4. The Kier molecular flexibility index (Phi) is 3.57. The zero-order chi connectivity index (χ0) is 16.6. The van der Waals surface area contributed by atoms with Gasteiger partial charge in [-0.1, -0.05) is 26.0 Å². The van der Waals surface area contributed by atoms with Crippen LogP contribution in [0.1, 0.15) is 25.3 Å². The molecule has 2 N–H and O–H groups in total. The van der Waals surface area contributed by atoms with Crippen LogP contribution in [0.3, 0.4) is 0 Å². The molecule has 0 aliphatic heterocycles. The highest BCUT2D eigenvalue weighted by molar-refractivity contribution is 5.81. The highest BCUT2D eigenvalue weighted by Gasteiger charge is 2.13. The number of hydrogen-bond donors (Lipinski definition) is 2. The van der Waals surface area contributed by atoms with E-state index in [1.165, 1.54) is 17.1 Å². The maximum atomic E-state index is 12.3. The Morgan fingerprint density at radius 1 is 1.39 bits per heavy atom. The van der Waals surface area contributed by atoms with Gasteiger partial charge in [0.1, 0.15) is 0 Å². The van der Waals surface area contributed by atoms with Crippen molar-refractivity contribution in [3.8, 4) is 11.7 Å². The number of nitrogens with zero attached hydrogens (tertiary/aromatic N) is 3. The Morgan fingerprint density at radius 2 is 2.17 bits per heavy atom.